The number of aromatic nitrogens is 4. The lowest BCUT2D eigenvalue weighted by atomic mass is 10.2. The molecular weight excluding hydrogens is 270 g/mol. The molecule has 0 radical (unpaired) electrons. The lowest BCUT2D eigenvalue weighted by molar-refractivity contribution is 0.173. The third-order valence-corrected chi connectivity index (χ3v) is 3.42. The van der Waals surface area contributed by atoms with Crippen molar-refractivity contribution in [1.29, 1.82) is 0 Å². The molecule has 0 aliphatic carbocycles. The highest BCUT2D eigenvalue weighted by Gasteiger charge is 2.17. The van der Waals surface area contributed by atoms with Crippen molar-refractivity contribution in [1.82, 2.24) is 19.6 Å². The minimum absolute atomic E-state index is 0.267. The molecule has 106 valence electrons. The third kappa shape index (κ3) is 1.94. The largest absolute Gasteiger partial charge is 0.454 e. The summed E-state index contributed by atoms with van der Waals surface area (Å²) < 4.78 is 12.8. The molecule has 1 aliphatic rings. The second kappa shape index (κ2) is 4.62. The van der Waals surface area contributed by atoms with Crippen molar-refractivity contribution in [3.63, 3.8) is 0 Å². The van der Waals surface area contributed by atoms with Gasteiger partial charge in [-0.3, -0.25) is 4.40 Å². The molecule has 0 spiro atoms. The van der Waals surface area contributed by atoms with Crippen LogP contribution in [0.5, 0.6) is 11.5 Å². The number of fused-ring (bicyclic) bond motifs is 2. The highest BCUT2D eigenvalue weighted by molar-refractivity contribution is 5.62. The van der Waals surface area contributed by atoms with Crippen LogP contribution in [0, 0.1) is 6.92 Å². The van der Waals surface area contributed by atoms with E-state index in [-0.39, 0.29) is 6.79 Å². The molecule has 7 nitrogen and oxygen atoms in total. The maximum atomic E-state index is 5.49. The van der Waals surface area contributed by atoms with E-state index in [0.717, 1.165) is 22.9 Å². The second-order valence-electron chi connectivity index (χ2n) is 4.72. The highest BCUT2D eigenvalue weighted by Crippen LogP contribution is 2.35. The van der Waals surface area contributed by atoms with Crippen molar-refractivity contribution < 1.29 is 9.47 Å². The Morgan fingerprint density at radius 3 is 3.19 bits per heavy atom. The molecule has 0 bridgehead atoms. The molecule has 7 heteroatoms. The summed E-state index contributed by atoms with van der Waals surface area (Å²) in [7, 11) is 0. The van der Waals surface area contributed by atoms with Crippen LogP contribution >= 0.6 is 0 Å². The number of nitrogens with one attached hydrogen (secondary N) is 1. The summed E-state index contributed by atoms with van der Waals surface area (Å²) in [6.45, 7) is 2.74. The van der Waals surface area contributed by atoms with Crippen molar-refractivity contribution in [3.05, 3.63) is 42.0 Å². The molecule has 3 aromatic rings. The zero-order valence-electron chi connectivity index (χ0n) is 11.4. The molecule has 21 heavy (non-hydrogen) atoms. The fourth-order valence-corrected chi connectivity index (χ4v) is 2.38. The Bertz CT molecular complexity index is 814. The van der Waals surface area contributed by atoms with Gasteiger partial charge in [-0.1, -0.05) is 12.1 Å². The van der Waals surface area contributed by atoms with Gasteiger partial charge in [-0.15, -0.1) is 10.2 Å². The number of hydrogen-bond acceptors (Lipinski definition) is 6. The van der Waals surface area contributed by atoms with Gasteiger partial charge in [0.15, 0.2) is 17.3 Å². The zero-order chi connectivity index (χ0) is 14.2. The Labute approximate surface area is 120 Å². The predicted octanol–water partition coefficient (Wildman–Crippen LogP) is 1.77. The van der Waals surface area contributed by atoms with E-state index < -0.39 is 0 Å². The van der Waals surface area contributed by atoms with Crippen LogP contribution in [0.25, 0.3) is 5.65 Å². The van der Waals surface area contributed by atoms with Crippen LogP contribution in [-0.4, -0.2) is 26.4 Å². The molecule has 1 aromatic carbocycles. The van der Waals surface area contributed by atoms with Gasteiger partial charge in [0, 0.05) is 24.5 Å². The molecule has 4 rings (SSSR count). The van der Waals surface area contributed by atoms with Crippen LogP contribution < -0.4 is 14.8 Å². The van der Waals surface area contributed by atoms with E-state index in [9.17, 15) is 0 Å². The average molecular weight is 283 g/mol. The van der Waals surface area contributed by atoms with Crippen LogP contribution in [0.2, 0.25) is 0 Å². The number of hydrogen-bond donors (Lipinski definition) is 1. The summed E-state index contributed by atoms with van der Waals surface area (Å²) in [5, 5.41) is 11.5. The van der Waals surface area contributed by atoms with Crippen LogP contribution in [0.3, 0.4) is 0 Å². The van der Waals surface area contributed by atoms with E-state index in [2.05, 4.69) is 20.5 Å². The molecule has 0 atom stereocenters. The minimum Gasteiger partial charge on any atom is -0.454 e. The first-order chi connectivity index (χ1) is 10.3. The summed E-state index contributed by atoms with van der Waals surface area (Å²) >= 11 is 0. The quantitative estimate of drug-likeness (QED) is 0.789. The molecule has 3 heterocycles. The smallest absolute Gasteiger partial charge is 0.231 e. The first kappa shape index (κ1) is 12.0. The standard InChI is InChI=1S/C14H13N5O2/c1-9-17-18-14-13(15-5-6-19(9)14)16-7-10-3-2-4-11-12(10)21-8-20-11/h2-6H,7-8H2,1H3,(H,15,16). The number of aryl methyl sites for hydroxylation is 1. The number of ether oxygens (including phenoxy) is 2. The van der Waals surface area contributed by atoms with E-state index in [1.807, 2.05) is 35.7 Å². The Kier molecular flexibility index (Phi) is 2.63. The van der Waals surface area contributed by atoms with Gasteiger partial charge < -0.3 is 14.8 Å². The van der Waals surface area contributed by atoms with Crippen molar-refractivity contribution in [2.24, 2.45) is 0 Å². The lowest BCUT2D eigenvalue weighted by Crippen LogP contribution is -2.05. The van der Waals surface area contributed by atoms with Gasteiger partial charge in [-0.25, -0.2) is 4.98 Å². The van der Waals surface area contributed by atoms with E-state index in [1.54, 1.807) is 6.20 Å². The van der Waals surface area contributed by atoms with Crippen molar-refractivity contribution >= 4 is 11.5 Å². The molecule has 1 aliphatic heterocycles. The molecule has 0 amide bonds. The minimum atomic E-state index is 0.267. The van der Waals surface area contributed by atoms with Crippen LogP contribution in [-0.2, 0) is 6.54 Å². The molecule has 0 fully saturated rings. The topological polar surface area (TPSA) is 73.6 Å². The number of benzene rings is 1. The van der Waals surface area contributed by atoms with Gasteiger partial charge in [0.1, 0.15) is 5.82 Å². The van der Waals surface area contributed by atoms with Gasteiger partial charge >= 0.3 is 0 Å². The normalized spacial score (nSPS) is 12.8. The Hall–Kier alpha value is -2.83. The van der Waals surface area contributed by atoms with E-state index >= 15 is 0 Å². The molecule has 1 N–H and O–H groups in total. The van der Waals surface area contributed by atoms with E-state index in [1.165, 1.54) is 0 Å². The Balaban J connectivity index is 1.63. The monoisotopic (exact) mass is 283 g/mol. The number of nitrogens with zero attached hydrogens (tertiary/aromatic N) is 4. The van der Waals surface area contributed by atoms with Crippen molar-refractivity contribution in [2.45, 2.75) is 13.5 Å². The lowest BCUT2D eigenvalue weighted by Gasteiger charge is -2.08. The van der Waals surface area contributed by atoms with Crippen LogP contribution in [0.4, 0.5) is 5.82 Å². The summed E-state index contributed by atoms with van der Waals surface area (Å²) in [4.78, 5) is 4.32. The molecular formula is C14H13N5O2. The van der Waals surface area contributed by atoms with Gasteiger partial charge in [0.2, 0.25) is 12.4 Å². The second-order valence-corrected chi connectivity index (χ2v) is 4.72. The third-order valence-electron chi connectivity index (χ3n) is 3.42. The number of rotatable bonds is 3. The first-order valence-electron chi connectivity index (χ1n) is 6.60. The Morgan fingerprint density at radius 2 is 2.24 bits per heavy atom. The number of anilines is 1. The van der Waals surface area contributed by atoms with Crippen LogP contribution in [0.1, 0.15) is 11.4 Å². The van der Waals surface area contributed by atoms with Gasteiger partial charge in [-0.05, 0) is 13.0 Å². The fourth-order valence-electron chi connectivity index (χ4n) is 2.38. The van der Waals surface area contributed by atoms with Gasteiger partial charge in [0.25, 0.3) is 0 Å². The molecule has 0 unspecified atom stereocenters. The zero-order valence-corrected chi connectivity index (χ0v) is 11.4. The predicted molar refractivity (Wildman–Crippen MR) is 75.4 cm³/mol. The Morgan fingerprint density at radius 1 is 1.29 bits per heavy atom. The molecule has 0 saturated carbocycles. The SMILES string of the molecule is Cc1nnc2c(NCc3cccc4c3OCO4)nccn12. The van der Waals surface area contributed by atoms with E-state index in [0.29, 0.717) is 18.0 Å². The summed E-state index contributed by atoms with van der Waals surface area (Å²) in [5.41, 5.74) is 1.73. The van der Waals surface area contributed by atoms with Gasteiger partial charge in [-0.2, -0.15) is 0 Å². The summed E-state index contributed by atoms with van der Waals surface area (Å²) in [6.07, 6.45) is 3.56. The summed E-state index contributed by atoms with van der Waals surface area (Å²) in [6, 6.07) is 5.84. The van der Waals surface area contributed by atoms with E-state index in [4.69, 9.17) is 9.47 Å². The highest BCUT2D eigenvalue weighted by atomic mass is 16.7. The van der Waals surface area contributed by atoms with Crippen molar-refractivity contribution in [3.8, 4) is 11.5 Å². The maximum Gasteiger partial charge on any atom is 0.231 e. The maximum absolute atomic E-state index is 5.49. The molecule has 2 aromatic heterocycles. The first-order valence-corrected chi connectivity index (χ1v) is 6.60. The van der Waals surface area contributed by atoms with Crippen LogP contribution in [0.15, 0.2) is 30.6 Å². The average Bonchev–Trinajstić information content (AvgIpc) is 3.13. The van der Waals surface area contributed by atoms with Gasteiger partial charge in [0.05, 0.1) is 0 Å². The fraction of sp³-hybridized carbons (Fsp3) is 0.214. The molecule has 0 saturated heterocycles. The number of para-hydroxylation sites is 1. The summed E-state index contributed by atoms with van der Waals surface area (Å²) in [5.74, 6) is 3.08. The van der Waals surface area contributed by atoms with Crippen molar-refractivity contribution in [2.75, 3.05) is 12.1 Å².